The van der Waals surface area contributed by atoms with Gasteiger partial charge in [0, 0.05) is 72.7 Å². The number of H-pyrrole nitrogens is 1. The average Bonchev–Trinajstić information content (AvgIpc) is 3.44. The zero-order chi connectivity index (χ0) is 25.1. The molecule has 0 saturated carbocycles. The first-order valence-corrected chi connectivity index (χ1v) is 10.7. The Morgan fingerprint density at radius 2 is 1.91 bits per heavy atom. The second-order valence-electron chi connectivity index (χ2n) is 8.11. The summed E-state index contributed by atoms with van der Waals surface area (Å²) in [6.45, 7) is 0. The van der Waals surface area contributed by atoms with Crippen LogP contribution in [-0.4, -0.2) is 47.6 Å². The van der Waals surface area contributed by atoms with Crippen LogP contribution < -0.4 is 5.56 Å². The fourth-order valence-corrected chi connectivity index (χ4v) is 4.42. The fraction of sp³-hybridized carbons (Fsp3) is 0.174. The first-order chi connectivity index (χ1) is 16.6. The molecule has 4 aromatic rings. The van der Waals surface area contributed by atoms with Gasteiger partial charge in [0.05, 0.1) is 16.9 Å². The highest BCUT2D eigenvalue weighted by Crippen LogP contribution is 2.42. The van der Waals surface area contributed by atoms with Crippen molar-refractivity contribution in [2.24, 2.45) is 7.05 Å². The van der Waals surface area contributed by atoms with Gasteiger partial charge in [-0.15, -0.1) is 13.2 Å². The Bertz CT molecular complexity index is 1570. The molecule has 12 heteroatoms. The minimum absolute atomic E-state index is 0.0641. The topological polar surface area (TPSA) is 92.0 Å². The Morgan fingerprint density at radius 3 is 2.57 bits per heavy atom. The monoisotopic (exact) mass is 502 g/mol. The van der Waals surface area contributed by atoms with E-state index in [1.54, 1.807) is 55.9 Å². The number of aliphatic hydroxyl groups is 1. The van der Waals surface area contributed by atoms with Gasteiger partial charge < -0.3 is 19.6 Å². The van der Waals surface area contributed by atoms with E-state index in [-0.39, 0.29) is 26.5 Å². The number of nitrogens with zero attached hydrogens (tertiary/aromatic N) is 5. The Balaban J connectivity index is 1.76. The van der Waals surface area contributed by atoms with Crippen LogP contribution in [0, 0.1) is 0 Å². The molecule has 0 fully saturated rings. The lowest BCUT2D eigenvalue weighted by Crippen LogP contribution is -2.28. The van der Waals surface area contributed by atoms with Crippen LogP contribution in [0.4, 0.5) is 13.2 Å². The minimum Gasteiger partial charge on any atom is -0.370 e. The van der Waals surface area contributed by atoms with Gasteiger partial charge in [0.15, 0.2) is 0 Å². The fourth-order valence-electron chi connectivity index (χ4n) is 4.07. The normalized spacial score (nSPS) is 16.5. The van der Waals surface area contributed by atoms with Crippen LogP contribution in [0.5, 0.6) is 0 Å². The predicted molar refractivity (Wildman–Crippen MR) is 125 cm³/mol. The molecule has 1 atom stereocenters. The van der Waals surface area contributed by atoms with Crippen LogP contribution in [0.25, 0.3) is 33.3 Å². The van der Waals surface area contributed by atoms with E-state index in [2.05, 4.69) is 15.1 Å². The zero-order valence-corrected chi connectivity index (χ0v) is 19.1. The number of alkyl halides is 3. The molecule has 4 aromatic heterocycles. The number of allylic oxidation sites excluding steroid dienone is 2. The van der Waals surface area contributed by atoms with Crippen molar-refractivity contribution in [2.75, 3.05) is 7.05 Å². The number of halogens is 4. The number of hydrogen-bond acceptors (Lipinski definition) is 5. The van der Waals surface area contributed by atoms with Crippen LogP contribution in [0.1, 0.15) is 11.1 Å². The van der Waals surface area contributed by atoms with Gasteiger partial charge in [0.2, 0.25) is 0 Å². The lowest BCUT2D eigenvalue weighted by molar-refractivity contribution is -0.212. The van der Waals surface area contributed by atoms with Crippen molar-refractivity contribution >= 4 is 33.7 Å². The summed E-state index contributed by atoms with van der Waals surface area (Å²) in [5.74, 6) is 0. The van der Waals surface area contributed by atoms with Gasteiger partial charge >= 0.3 is 6.30 Å². The molecule has 1 unspecified atom stereocenters. The highest BCUT2D eigenvalue weighted by Gasteiger charge is 2.32. The minimum atomic E-state index is -4.70. The molecule has 0 aliphatic carbocycles. The number of rotatable bonds is 3. The highest BCUT2D eigenvalue weighted by molar-refractivity contribution is 6.39. The number of hydrogen-bond donors (Lipinski definition) is 2. The Kier molecular flexibility index (Phi) is 5.33. The summed E-state index contributed by atoms with van der Waals surface area (Å²) in [5, 5.41) is 14.3. The summed E-state index contributed by atoms with van der Waals surface area (Å²) in [5.41, 5.74) is 2.47. The molecule has 5 rings (SSSR count). The lowest BCUT2D eigenvalue weighted by atomic mass is 9.90. The van der Waals surface area contributed by atoms with Gasteiger partial charge in [-0.25, -0.2) is 0 Å². The smallest absolute Gasteiger partial charge is 0.370 e. The second-order valence-corrected chi connectivity index (χ2v) is 8.49. The maximum Gasteiger partial charge on any atom is 0.504 e. The van der Waals surface area contributed by atoms with Gasteiger partial charge in [-0.1, -0.05) is 17.7 Å². The van der Waals surface area contributed by atoms with Gasteiger partial charge in [-0.05, 0) is 17.7 Å². The van der Waals surface area contributed by atoms with Gasteiger partial charge in [0.25, 0.3) is 5.56 Å². The number of likely N-dealkylation sites (N-methyl/N-ethyl adjacent to an activating group) is 1. The molecule has 0 spiro atoms. The highest BCUT2D eigenvalue weighted by atomic mass is 35.5. The van der Waals surface area contributed by atoms with E-state index >= 15 is 0 Å². The number of fused-ring (bicyclic) bond motifs is 1. The van der Waals surface area contributed by atoms with E-state index < -0.39 is 18.1 Å². The van der Waals surface area contributed by atoms with Crippen molar-refractivity contribution < 1.29 is 18.3 Å². The Labute approximate surface area is 201 Å². The van der Waals surface area contributed by atoms with Crippen molar-refractivity contribution in [2.45, 2.75) is 12.5 Å². The first-order valence-electron chi connectivity index (χ1n) is 10.3. The van der Waals surface area contributed by atoms with Crippen LogP contribution >= 0.6 is 11.6 Å². The molecule has 8 nitrogen and oxygen atoms in total. The number of aromatic nitrogens is 5. The van der Waals surface area contributed by atoms with E-state index in [9.17, 15) is 23.1 Å². The summed E-state index contributed by atoms with van der Waals surface area (Å²) in [7, 11) is 3.27. The molecule has 0 aromatic carbocycles. The average molecular weight is 503 g/mol. The van der Waals surface area contributed by atoms with Crippen molar-refractivity contribution in [1.29, 1.82) is 0 Å². The summed E-state index contributed by atoms with van der Waals surface area (Å²) >= 11 is 6.69. The molecular formula is C23H18ClF3N6O2. The number of aryl methyl sites for hydroxylation is 1. The predicted octanol–water partition coefficient (Wildman–Crippen LogP) is 3.94. The maximum atomic E-state index is 13.1. The Hall–Kier alpha value is -3.83. The lowest BCUT2D eigenvalue weighted by Gasteiger charge is -2.28. The van der Waals surface area contributed by atoms with Crippen LogP contribution in [0.2, 0.25) is 5.02 Å². The second kappa shape index (κ2) is 8.14. The van der Waals surface area contributed by atoms with Crippen LogP contribution in [0.3, 0.4) is 0 Å². The SMILES string of the molecule is CN1C=C(c2cccnc2)C(c2cn(C)c(=O)c3[nH]c(-c4cnn(C(F)(F)F)c4)c(Cl)c23)=CC1O. The van der Waals surface area contributed by atoms with Gasteiger partial charge in [-0.3, -0.25) is 9.78 Å². The van der Waals surface area contributed by atoms with E-state index in [1.807, 2.05) is 6.07 Å². The summed E-state index contributed by atoms with van der Waals surface area (Å²) < 4.78 is 40.4. The van der Waals surface area contributed by atoms with E-state index in [0.717, 1.165) is 23.5 Å². The third-order valence-corrected chi connectivity index (χ3v) is 6.19. The van der Waals surface area contributed by atoms with Crippen molar-refractivity contribution in [3.63, 3.8) is 0 Å². The largest absolute Gasteiger partial charge is 0.504 e. The molecule has 1 aliphatic rings. The molecule has 35 heavy (non-hydrogen) atoms. The molecule has 0 radical (unpaired) electrons. The maximum absolute atomic E-state index is 13.1. The molecule has 0 bridgehead atoms. The number of aliphatic hydroxyl groups excluding tert-OH is 1. The molecule has 180 valence electrons. The third kappa shape index (κ3) is 3.82. The van der Waals surface area contributed by atoms with Crippen LogP contribution in [-0.2, 0) is 13.3 Å². The molecule has 0 amide bonds. The quantitative estimate of drug-likeness (QED) is 0.443. The number of pyridine rings is 2. The Morgan fingerprint density at radius 1 is 1.14 bits per heavy atom. The molecule has 1 aliphatic heterocycles. The summed E-state index contributed by atoms with van der Waals surface area (Å²) in [6, 6.07) is 3.63. The standard InChI is InChI=1S/C23H18ClF3N6O2/c1-31-10-15(12-4-3-5-28-7-12)14(6-17(31)34)16-11-32(2)22(35)21-18(16)19(24)20(30-21)13-8-29-33(9-13)23(25,26)27/h3-11,17,30,34H,1-2H3. The van der Waals surface area contributed by atoms with Crippen molar-refractivity contribution in [1.82, 2.24) is 29.2 Å². The van der Waals surface area contributed by atoms with E-state index in [4.69, 9.17) is 11.6 Å². The molecule has 5 heterocycles. The zero-order valence-electron chi connectivity index (χ0n) is 18.4. The van der Waals surface area contributed by atoms with Gasteiger partial charge in [-0.2, -0.15) is 9.78 Å². The van der Waals surface area contributed by atoms with Crippen LogP contribution in [0.15, 0.2) is 60.2 Å². The molecular weight excluding hydrogens is 485 g/mol. The van der Waals surface area contributed by atoms with Crippen molar-refractivity contribution in [3.05, 3.63) is 81.9 Å². The van der Waals surface area contributed by atoms with E-state index in [0.29, 0.717) is 16.5 Å². The number of nitrogens with one attached hydrogen (secondary N) is 1. The van der Waals surface area contributed by atoms with Crippen molar-refractivity contribution in [3.8, 4) is 11.3 Å². The molecule has 2 N–H and O–H groups in total. The summed E-state index contributed by atoms with van der Waals surface area (Å²) in [4.78, 5) is 21.6. The van der Waals surface area contributed by atoms with Gasteiger partial charge in [0.1, 0.15) is 11.7 Å². The van der Waals surface area contributed by atoms with E-state index in [1.165, 1.54) is 4.57 Å². The first kappa shape index (κ1) is 22.9. The molecule has 0 saturated heterocycles. The summed E-state index contributed by atoms with van der Waals surface area (Å²) in [6.07, 6.45) is 4.41. The number of aromatic amines is 1. The third-order valence-electron chi connectivity index (χ3n) is 5.81.